The average Bonchev–Trinajstić information content (AvgIpc) is 3.25. The van der Waals surface area contributed by atoms with Crippen LogP contribution in [0.4, 0.5) is 0 Å². The molecule has 0 aliphatic carbocycles. The Morgan fingerprint density at radius 3 is 2.74 bits per heavy atom. The molecule has 2 aromatic heterocycles. The number of amides is 1. The molecule has 0 saturated carbocycles. The van der Waals surface area contributed by atoms with E-state index in [1.807, 2.05) is 61.8 Å². The van der Waals surface area contributed by atoms with Gasteiger partial charge < -0.3 is 9.32 Å². The molecule has 1 amide bonds. The molecule has 0 fully saturated rings. The van der Waals surface area contributed by atoms with Gasteiger partial charge in [-0.2, -0.15) is 0 Å². The summed E-state index contributed by atoms with van der Waals surface area (Å²) in [5.41, 5.74) is 1.90. The summed E-state index contributed by atoms with van der Waals surface area (Å²) >= 11 is 1.49. The van der Waals surface area contributed by atoms with E-state index in [4.69, 9.17) is 4.42 Å². The summed E-state index contributed by atoms with van der Waals surface area (Å²) < 4.78 is 5.33. The van der Waals surface area contributed by atoms with Crippen LogP contribution in [0.3, 0.4) is 0 Å². The number of thiazole rings is 1. The highest BCUT2D eigenvalue weighted by molar-refractivity contribution is 7.13. The summed E-state index contributed by atoms with van der Waals surface area (Å²) in [6.45, 7) is 2.03. The number of hydrogen-bond donors (Lipinski definition) is 0. The lowest BCUT2D eigenvalue weighted by atomic mass is 10.1. The van der Waals surface area contributed by atoms with Gasteiger partial charge in [-0.1, -0.05) is 30.3 Å². The Labute approximate surface area is 139 Å². The minimum Gasteiger partial charge on any atom is -0.462 e. The fraction of sp³-hybridized carbons (Fsp3) is 0.222. The predicted molar refractivity (Wildman–Crippen MR) is 91.1 cm³/mol. The van der Waals surface area contributed by atoms with E-state index in [-0.39, 0.29) is 11.9 Å². The van der Waals surface area contributed by atoms with Crippen LogP contribution in [-0.2, 0) is 11.2 Å². The van der Waals surface area contributed by atoms with Crippen molar-refractivity contribution in [3.8, 4) is 10.8 Å². The zero-order valence-electron chi connectivity index (χ0n) is 13.1. The first-order valence-corrected chi connectivity index (χ1v) is 8.32. The van der Waals surface area contributed by atoms with E-state index in [0.717, 1.165) is 22.0 Å². The number of nitrogens with zero attached hydrogens (tertiary/aromatic N) is 2. The summed E-state index contributed by atoms with van der Waals surface area (Å²) in [7, 11) is 1.83. The maximum Gasteiger partial charge on any atom is 0.228 e. The first kappa shape index (κ1) is 15.5. The van der Waals surface area contributed by atoms with Crippen LogP contribution < -0.4 is 0 Å². The molecule has 0 aliphatic heterocycles. The zero-order chi connectivity index (χ0) is 16.2. The van der Waals surface area contributed by atoms with Gasteiger partial charge in [0.1, 0.15) is 0 Å². The molecule has 3 rings (SSSR count). The van der Waals surface area contributed by atoms with Crippen LogP contribution in [0.1, 0.15) is 24.2 Å². The molecular weight excluding hydrogens is 308 g/mol. The Hall–Kier alpha value is -2.40. The minimum atomic E-state index is 0.0341. The van der Waals surface area contributed by atoms with Gasteiger partial charge in [0.15, 0.2) is 10.8 Å². The van der Waals surface area contributed by atoms with Crippen LogP contribution in [0.5, 0.6) is 0 Å². The molecular formula is C18H18N2O2S. The van der Waals surface area contributed by atoms with Gasteiger partial charge in [0.2, 0.25) is 5.91 Å². The average molecular weight is 326 g/mol. The molecule has 0 radical (unpaired) electrons. The Bertz CT molecular complexity index is 765. The van der Waals surface area contributed by atoms with E-state index in [9.17, 15) is 4.79 Å². The van der Waals surface area contributed by atoms with Crippen molar-refractivity contribution in [1.82, 2.24) is 9.88 Å². The third-order valence-electron chi connectivity index (χ3n) is 3.87. The second kappa shape index (κ2) is 6.79. The smallest absolute Gasteiger partial charge is 0.228 e. The lowest BCUT2D eigenvalue weighted by molar-refractivity contribution is -0.131. The third-order valence-corrected chi connectivity index (χ3v) is 4.78. The molecule has 0 saturated heterocycles. The Morgan fingerprint density at radius 2 is 2.04 bits per heavy atom. The molecule has 3 aromatic rings. The van der Waals surface area contributed by atoms with Gasteiger partial charge in [0.05, 0.1) is 24.4 Å². The lowest BCUT2D eigenvalue weighted by Crippen LogP contribution is -2.31. The summed E-state index contributed by atoms with van der Waals surface area (Å²) in [5.74, 6) is 0.789. The van der Waals surface area contributed by atoms with Crippen molar-refractivity contribution in [1.29, 1.82) is 0 Å². The lowest BCUT2D eigenvalue weighted by Gasteiger charge is -2.25. The second-order valence-electron chi connectivity index (χ2n) is 5.39. The highest BCUT2D eigenvalue weighted by Gasteiger charge is 2.19. The van der Waals surface area contributed by atoms with E-state index >= 15 is 0 Å². The van der Waals surface area contributed by atoms with Gasteiger partial charge in [0.25, 0.3) is 0 Å². The number of benzene rings is 1. The zero-order valence-corrected chi connectivity index (χ0v) is 13.9. The Kier molecular flexibility index (Phi) is 4.57. The largest absolute Gasteiger partial charge is 0.462 e. The van der Waals surface area contributed by atoms with Crippen LogP contribution in [0.25, 0.3) is 10.8 Å². The molecule has 0 N–H and O–H groups in total. The number of furan rings is 1. The molecule has 5 heteroatoms. The number of carbonyl (C=O) groups excluding carboxylic acids is 1. The van der Waals surface area contributed by atoms with Crippen molar-refractivity contribution in [2.75, 3.05) is 7.05 Å². The van der Waals surface area contributed by atoms with Crippen molar-refractivity contribution < 1.29 is 9.21 Å². The number of likely N-dealkylation sites (N-methyl/N-ethyl adjacent to an activating group) is 1. The normalized spacial score (nSPS) is 12.1. The summed E-state index contributed by atoms with van der Waals surface area (Å²) in [6.07, 6.45) is 1.92. The van der Waals surface area contributed by atoms with Gasteiger partial charge in [-0.3, -0.25) is 4.79 Å². The third kappa shape index (κ3) is 3.51. The topological polar surface area (TPSA) is 46.3 Å². The molecule has 1 atom stereocenters. The maximum atomic E-state index is 12.5. The second-order valence-corrected chi connectivity index (χ2v) is 6.25. The number of carbonyl (C=O) groups is 1. The summed E-state index contributed by atoms with van der Waals surface area (Å²) in [5, 5.41) is 2.72. The Balaban J connectivity index is 1.67. The predicted octanol–water partition coefficient (Wildman–Crippen LogP) is 4.17. The van der Waals surface area contributed by atoms with Gasteiger partial charge in [-0.05, 0) is 24.6 Å². The van der Waals surface area contributed by atoms with Gasteiger partial charge in [-0.15, -0.1) is 11.3 Å². The van der Waals surface area contributed by atoms with Gasteiger partial charge >= 0.3 is 0 Å². The van der Waals surface area contributed by atoms with E-state index in [0.29, 0.717) is 6.42 Å². The van der Waals surface area contributed by atoms with E-state index < -0.39 is 0 Å². The number of hydrogen-bond acceptors (Lipinski definition) is 4. The number of aromatic nitrogens is 1. The number of rotatable bonds is 5. The fourth-order valence-electron chi connectivity index (χ4n) is 2.35. The molecule has 23 heavy (non-hydrogen) atoms. The van der Waals surface area contributed by atoms with Crippen LogP contribution >= 0.6 is 11.3 Å². The van der Waals surface area contributed by atoms with E-state index in [1.165, 1.54) is 11.3 Å². The van der Waals surface area contributed by atoms with Crippen molar-refractivity contribution in [2.45, 2.75) is 19.4 Å². The van der Waals surface area contributed by atoms with Crippen molar-refractivity contribution in [3.63, 3.8) is 0 Å². The molecule has 4 nitrogen and oxygen atoms in total. The van der Waals surface area contributed by atoms with Crippen molar-refractivity contribution in [3.05, 3.63) is 65.4 Å². The van der Waals surface area contributed by atoms with Gasteiger partial charge in [-0.25, -0.2) is 4.98 Å². The molecule has 0 bridgehead atoms. The summed E-state index contributed by atoms with van der Waals surface area (Å²) in [6, 6.07) is 13.7. The first-order valence-electron chi connectivity index (χ1n) is 7.44. The minimum absolute atomic E-state index is 0.0341. The molecule has 0 aliphatic rings. The van der Waals surface area contributed by atoms with Crippen LogP contribution in [0, 0.1) is 0 Å². The Morgan fingerprint density at radius 1 is 1.26 bits per heavy atom. The van der Waals surface area contributed by atoms with E-state index in [1.54, 1.807) is 11.2 Å². The van der Waals surface area contributed by atoms with Crippen LogP contribution in [0.15, 0.2) is 58.5 Å². The highest BCUT2D eigenvalue weighted by Crippen LogP contribution is 2.25. The first-order chi connectivity index (χ1) is 11.1. The highest BCUT2D eigenvalue weighted by atomic mass is 32.1. The summed E-state index contributed by atoms with van der Waals surface area (Å²) in [4.78, 5) is 18.7. The van der Waals surface area contributed by atoms with Crippen molar-refractivity contribution in [2.24, 2.45) is 0 Å². The monoisotopic (exact) mass is 326 g/mol. The molecule has 118 valence electrons. The molecule has 0 unspecified atom stereocenters. The quantitative estimate of drug-likeness (QED) is 0.707. The van der Waals surface area contributed by atoms with E-state index in [2.05, 4.69) is 4.98 Å². The van der Waals surface area contributed by atoms with Crippen LogP contribution in [0.2, 0.25) is 0 Å². The SMILES string of the molecule is C[C@H](c1ccccc1)N(C)C(=O)Cc1csc(-c2ccco2)n1. The molecule has 2 heterocycles. The molecule has 1 aromatic carbocycles. The maximum absolute atomic E-state index is 12.5. The molecule has 0 spiro atoms. The van der Waals surface area contributed by atoms with Crippen molar-refractivity contribution >= 4 is 17.2 Å². The van der Waals surface area contributed by atoms with Gasteiger partial charge in [0, 0.05) is 12.4 Å². The van der Waals surface area contributed by atoms with Crippen LogP contribution in [-0.4, -0.2) is 22.8 Å². The fourth-order valence-corrected chi connectivity index (χ4v) is 3.14. The standard InChI is InChI=1S/C18H18N2O2S/c1-13(14-7-4-3-5-8-14)20(2)17(21)11-15-12-23-18(19-15)16-9-6-10-22-16/h3-10,12-13H,11H2,1-2H3/t13-/m1/s1.